The summed E-state index contributed by atoms with van der Waals surface area (Å²) in [5.74, 6) is -0.249. The van der Waals surface area contributed by atoms with Gasteiger partial charge in [0.1, 0.15) is 5.75 Å². The van der Waals surface area contributed by atoms with E-state index < -0.39 is 5.97 Å². The van der Waals surface area contributed by atoms with E-state index in [1.54, 1.807) is 12.4 Å². The lowest BCUT2D eigenvalue weighted by molar-refractivity contribution is -0.142. The van der Waals surface area contributed by atoms with Gasteiger partial charge in [-0.15, -0.1) is 0 Å². The third kappa shape index (κ3) is 5.56. The highest BCUT2D eigenvalue weighted by Crippen LogP contribution is 2.16. The molecular weight excluding hydrogens is 278 g/mol. The molecule has 0 radical (unpaired) electrons. The molecule has 0 fully saturated rings. The van der Waals surface area contributed by atoms with Crippen molar-refractivity contribution in [2.45, 2.75) is 25.7 Å². The van der Waals surface area contributed by atoms with Gasteiger partial charge in [-0.05, 0) is 49.4 Å². The highest BCUT2D eigenvalue weighted by atomic mass is 16.5. The van der Waals surface area contributed by atoms with Crippen LogP contribution in [0.25, 0.3) is 0 Å². The van der Waals surface area contributed by atoms with Crippen LogP contribution in [0.4, 0.5) is 0 Å². The molecule has 0 spiro atoms. The number of aromatic nitrogens is 1. The minimum atomic E-state index is -0.743. The van der Waals surface area contributed by atoms with E-state index in [9.17, 15) is 9.90 Å². The van der Waals surface area contributed by atoms with Crippen molar-refractivity contribution in [3.8, 4) is 5.75 Å². The minimum absolute atomic E-state index is 0.360. The Hall–Kier alpha value is -2.36. The second-order valence-corrected chi connectivity index (χ2v) is 5.26. The largest absolute Gasteiger partial charge is 0.494 e. The van der Waals surface area contributed by atoms with Crippen molar-refractivity contribution in [1.29, 1.82) is 0 Å². The van der Waals surface area contributed by atoms with Crippen molar-refractivity contribution in [3.63, 3.8) is 0 Å². The summed E-state index contributed by atoms with van der Waals surface area (Å²) in [6, 6.07) is 13.4. The lowest BCUT2D eigenvalue weighted by atomic mass is 9.95. The number of rotatable bonds is 9. The second-order valence-electron chi connectivity index (χ2n) is 5.26. The molecule has 1 aromatic heterocycles. The smallest absolute Gasteiger partial charge is 0.306 e. The van der Waals surface area contributed by atoms with Gasteiger partial charge in [-0.3, -0.25) is 9.78 Å². The number of aliphatic carboxylic acids is 1. The molecule has 1 atom stereocenters. The number of carboxylic acids is 1. The van der Waals surface area contributed by atoms with E-state index in [0.29, 0.717) is 19.4 Å². The van der Waals surface area contributed by atoms with Crippen molar-refractivity contribution >= 4 is 5.97 Å². The predicted octanol–water partition coefficient (Wildman–Crippen LogP) is 3.57. The molecule has 0 aliphatic heterocycles. The molecule has 0 saturated carbocycles. The fourth-order valence-corrected chi connectivity index (χ4v) is 2.32. The van der Waals surface area contributed by atoms with Gasteiger partial charge in [-0.25, -0.2) is 0 Å². The lowest BCUT2D eigenvalue weighted by Gasteiger charge is -2.12. The van der Waals surface area contributed by atoms with Gasteiger partial charge in [0, 0.05) is 12.4 Å². The summed E-state index contributed by atoms with van der Waals surface area (Å²) in [6.07, 6.45) is 6.30. The maximum Gasteiger partial charge on any atom is 0.306 e. The summed E-state index contributed by atoms with van der Waals surface area (Å²) in [5.41, 5.74) is 0.968. The first-order valence-electron chi connectivity index (χ1n) is 7.55. The molecule has 1 aromatic carbocycles. The van der Waals surface area contributed by atoms with Gasteiger partial charge in [0.05, 0.1) is 12.5 Å². The summed E-state index contributed by atoms with van der Waals surface area (Å²) in [6.45, 7) is 0.614. The number of nitrogens with zero attached hydrogens (tertiary/aromatic N) is 1. The van der Waals surface area contributed by atoms with Crippen LogP contribution in [-0.2, 0) is 11.2 Å². The van der Waals surface area contributed by atoms with E-state index in [0.717, 1.165) is 24.2 Å². The molecule has 1 N–H and O–H groups in total. The molecule has 1 unspecified atom stereocenters. The molecule has 0 saturated heterocycles. The molecule has 1 heterocycles. The zero-order chi connectivity index (χ0) is 15.6. The van der Waals surface area contributed by atoms with Crippen LogP contribution in [0.3, 0.4) is 0 Å². The van der Waals surface area contributed by atoms with E-state index in [1.165, 1.54) is 0 Å². The average molecular weight is 299 g/mol. The Morgan fingerprint density at radius 3 is 2.64 bits per heavy atom. The normalized spacial score (nSPS) is 11.8. The van der Waals surface area contributed by atoms with Crippen LogP contribution in [0.5, 0.6) is 5.75 Å². The predicted molar refractivity (Wildman–Crippen MR) is 84.9 cm³/mol. The standard InChI is InChI=1S/C18H21NO3/c20-18(21)16(13-15-7-6-11-19-14-15)8-4-5-12-22-17-9-2-1-3-10-17/h1-3,6-7,9-11,14,16H,4-5,8,12-13H2,(H,20,21). The van der Waals surface area contributed by atoms with Crippen molar-refractivity contribution in [1.82, 2.24) is 4.98 Å². The number of para-hydroxylation sites is 1. The van der Waals surface area contributed by atoms with Crippen LogP contribution < -0.4 is 4.74 Å². The quantitative estimate of drug-likeness (QED) is 0.719. The van der Waals surface area contributed by atoms with Crippen molar-refractivity contribution in [2.24, 2.45) is 5.92 Å². The number of hydrogen-bond donors (Lipinski definition) is 1. The molecular formula is C18H21NO3. The van der Waals surface area contributed by atoms with Gasteiger partial charge in [0.2, 0.25) is 0 Å². The lowest BCUT2D eigenvalue weighted by Crippen LogP contribution is -2.17. The van der Waals surface area contributed by atoms with Crippen LogP contribution in [0.2, 0.25) is 0 Å². The molecule has 0 bridgehead atoms. The number of pyridine rings is 1. The third-order valence-corrected chi connectivity index (χ3v) is 3.51. The summed E-state index contributed by atoms with van der Waals surface area (Å²) in [5, 5.41) is 9.32. The van der Waals surface area contributed by atoms with E-state index in [2.05, 4.69) is 4.98 Å². The molecule has 2 aromatic rings. The highest BCUT2D eigenvalue weighted by molar-refractivity contribution is 5.70. The first-order valence-corrected chi connectivity index (χ1v) is 7.55. The van der Waals surface area contributed by atoms with Crippen molar-refractivity contribution in [3.05, 3.63) is 60.4 Å². The Kier molecular flexibility index (Phi) is 6.42. The van der Waals surface area contributed by atoms with Gasteiger partial charge in [-0.1, -0.05) is 24.3 Å². The van der Waals surface area contributed by atoms with Crippen LogP contribution in [0.15, 0.2) is 54.9 Å². The Morgan fingerprint density at radius 2 is 1.95 bits per heavy atom. The zero-order valence-electron chi connectivity index (χ0n) is 12.5. The first kappa shape index (κ1) is 16.0. The Morgan fingerprint density at radius 1 is 1.14 bits per heavy atom. The van der Waals surface area contributed by atoms with Crippen molar-refractivity contribution < 1.29 is 14.6 Å². The topological polar surface area (TPSA) is 59.4 Å². The monoisotopic (exact) mass is 299 g/mol. The van der Waals surface area contributed by atoms with Gasteiger partial charge in [0.25, 0.3) is 0 Å². The molecule has 4 nitrogen and oxygen atoms in total. The van der Waals surface area contributed by atoms with E-state index in [4.69, 9.17) is 4.74 Å². The Bertz CT molecular complexity index is 557. The molecule has 4 heteroatoms. The summed E-state index contributed by atoms with van der Waals surface area (Å²) >= 11 is 0. The van der Waals surface area contributed by atoms with Crippen LogP contribution in [0, 0.1) is 5.92 Å². The van der Waals surface area contributed by atoms with Gasteiger partial charge >= 0.3 is 5.97 Å². The fraction of sp³-hybridized carbons (Fsp3) is 0.333. The van der Waals surface area contributed by atoms with Crippen LogP contribution in [0.1, 0.15) is 24.8 Å². The van der Waals surface area contributed by atoms with Gasteiger partial charge < -0.3 is 9.84 Å². The molecule has 2 rings (SSSR count). The van der Waals surface area contributed by atoms with E-state index in [1.807, 2.05) is 42.5 Å². The fourth-order valence-electron chi connectivity index (χ4n) is 2.32. The van der Waals surface area contributed by atoms with E-state index >= 15 is 0 Å². The van der Waals surface area contributed by atoms with Crippen molar-refractivity contribution in [2.75, 3.05) is 6.61 Å². The molecule has 116 valence electrons. The highest BCUT2D eigenvalue weighted by Gasteiger charge is 2.17. The number of hydrogen-bond acceptors (Lipinski definition) is 3. The number of carboxylic acid groups (broad SMARTS) is 1. The van der Waals surface area contributed by atoms with Crippen LogP contribution >= 0.6 is 0 Å². The molecule has 0 amide bonds. The number of benzene rings is 1. The average Bonchev–Trinajstić information content (AvgIpc) is 2.55. The molecule has 0 aliphatic carbocycles. The summed E-state index contributed by atoms with van der Waals surface area (Å²) < 4.78 is 5.61. The SMILES string of the molecule is O=C(O)C(CCCCOc1ccccc1)Cc1cccnc1. The minimum Gasteiger partial charge on any atom is -0.494 e. The second kappa shape index (κ2) is 8.82. The van der Waals surface area contributed by atoms with Gasteiger partial charge in [-0.2, -0.15) is 0 Å². The van der Waals surface area contributed by atoms with Crippen LogP contribution in [-0.4, -0.2) is 22.7 Å². The van der Waals surface area contributed by atoms with E-state index in [-0.39, 0.29) is 5.92 Å². The zero-order valence-corrected chi connectivity index (χ0v) is 12.5. The summed E-state index contributed by atoms with van der Waals surface area (Å²) in [7, 11) is 0. The van der Waals surface area contributed by atoms with Gasteiger partial charge in [0.15, 0.2) is 0 Å². The molecule has 22 heavy (non-hydrogen) atoms. The number of ether oxygens (including phenoxy) is 1. The maximum atomic E-state index is 11.3. The molecule has 0 aliphatic rings. The third-order valence-electron chi connectivity index (χ3n) is 3.51. The first-order chi connectivity index (χ1) is 10.8. The maximum absolute atomic E-state index is 11.3. The Balaban J connectivity index is 1.70. The number of unbranched alkanes of at least 4 members (excludes halogenated alkanes) is 1. The summed E-state index contributed by atoms with van der Waals surface area (Å²) in [4.78, 5) is 15.4. The Labute approximate surface area is 130 Å². The number of carbonyl (C=O) groups is 1.